The number of allylic oxidation sites excluding steroid dienone is 1. The summed E-state index contributed by atoms with van der Waals surface area (Å²) in [6, 6.07) is 7.36. The van der Waals surface area contributed by atoms with E-state index in [1.54, 1.807) is 30.1 Å². The molecule has 0 bridgehead atoms. The van der Waals surface area contributed by atoms with Crippen molar-refractivity contribution in [3.05, 3.63) is 52.3 Å². The summed E-state index contributed by atoms with van der Waals surface area (Å²) in [4.78, 5) is 12.1. The molecule has 1 heterocycles. The number of hydrogen-bond acceptors (Lipinski definition) is 3. The summed E-state index contributed by atoms with van der Waals surface area (Å²) in [5.74, 6) is 0.646. The van der Waals surface area contributed by atoms with E-state index >= 15 is 0 Å². The molecule has 5 heteroatoms. The summed E-state index contributed by atoms with van der Waals surface area (Å²) >= 11 is 3.41. The first-order valence-electron chi connectivity index (χ1n) is 6.23. The van der Waals surface area contributed by atoms with Gasteiger partial charge in [0.25, 0.3) is 0 Å². The van der Waals surface area contributed by atoms with Gasteiger partial charge in [0.15, 0.2) is 0 Å². The summed E-state index contributed by atoms with van der Waals surface area (Å²) in [5, 5.41) is 4.09. The van der Waals surface area contributed by atoms with Crippen LogP contribution >= 0.6 is 15.9 Å². The fourth-order valence-corrected chi connectivity index (χ4v) is 2.26. The normalized spacial score (nSPS) is 10.9. The molecule has 1 aromatic heterocycles. The number of hydrogen-bond donors (Lipinski definition) is 0. The van der Waals surface area contributed by atoms with Crippen LogP contribution in [-0.2, 0) is 6.54 Å². The monoisotopic (exact) mass is 334 g/mol. The molecule has 0 N–H and O–H groups in total. The average Bonchev–Trinajstić information content (AvgIpc) is 2.93. The number of aromatic nitrogens is 2. The molecule has 0 unspecified atom stereocenters. The Morgan fingerprint density at radius 3 is 2.95 bits per heavy atom. The van der Waals surface area contributed by atoms with Gasteiger partial charge in [0, 0.05) is 22.8 Å². The third-order valence-electron chi connectivity index (χ3n) is 2.87. The summed E-state index contributed by atoms with van der Waals surface area (Å²) in [7, 11) is 1.61. The van der Waals surface area contributed by atoms with E-state index in [-0.39, 0.29) is 5.78 Å². The standard InChI is InChI=1S/C15H15BrN2O2/c1-3-18-13(8-9-17-18)14(19)6-4-11-10-12(16)5-7-15(11)20-2/h4-10H,3H2,1-2H3/b6-4+. The predicted octanol–water partition coefficient (Wildman–Crippen LogP) is 3.57. The van der Waals surface area contributed by atoms with Crippen LogP contribution in [-0.4, -0.2) is 22.7 Å². The van der Waals surface area contributed by atoms with Gasteiger partial charge in [-0.25, -0.2) is 0 Å². The van der Waals surface area contributed by atoms with E-state index in [9.17, 15) is 4.79 Å². The summed E-state index contributed by atoms with van der Waals surface area (Å²) in [6.07, 6.45) is 4.91. The Bertz CT molecular complexity index is 647. The average molecular weight is 335 g/mol. The fraction of sp³-hybridized carbons (Fsp3) is 0.200. The molecule has 0 aliphatic carbocycles. The lowest BCUT2D eigenvalue weighted by atomic mass is 10.1. The van der Waals surface area contributed by atoms with Crippen molar-refractivity contribution in [2.45, 2.75) is 13.5 Å². The lowest BCUT2D eigenvalue weighted by Gasteiger charge is -2.05. The van der Waals surface area contributed by atoms with Crippen LogP contribution in [0, 0.1) is 0 Å². The number of halogens is 1. The fourth-order valence-electron chi connectivity index (χ4n) is 1.88. The highest BCUT2D eigenvalue weighted by Crippen LogP contribution is 2.24. The van der Waals surface area contributed by atoms with Crippen molar-refractivity contribution in [3.8, 4) is 5.75 Å². The number of benzene rings is 1. The minimum absolute atomic E-state index is 0.0774. The molecule has 4 nitrogen and oxygen atoms in total. The first-order valence-corrected chi connectivity index (χ1v) is 7.02. The second-order valence-electron chi connectivity index (χ2n) is 4.12. The molecule has 104 valence electrons. The Morgan fingerprint density at radius 1 is 1.45 bits per heavy atom. The van der Waals surface area contributed by atoms with E-state index in [0.29, 0.717) is 12.2 Å². The Balaban J connectivity index is 2.25. The maximum atomic E-state index is 12.1. The second-order valence-corrected chi connectivity index (χ2v) is 5.03. The molecule has 2 rings (SSSR count). The van der Waals surface area contributed by atoms with Crippen molar-refractivity contribution in [1.29, 1.82) is 0 Å². The summed E-state index contributed by atoms with van der Waals surface area (Å²) in [6.45, 7) is 2.62. The largest absolute Gasteiger partial charge is 0.496 e. The Morgan fingerprint density at radius 2 is 2.25 bits per heavy atom. The van der Waals surface area contributed by atoms with Gasteiger partial charge in [0.05, 0.1) is 7.11 Å². The minimum Gasteiger partial charge on any atom is -0.496 e. The number of ether oxygens (including phenoxy) is 1. The number of carbonyl (C=O) groups is 1. The summed E-state index contributed by atoms with van der Waals surface area (Å²) < 4.78 is 7.87. The highest BCUT2D eigenvalue weighted by molar-refractivity contribution is 9.10. The first-order chi connectivity index (χ1) is 9.65. The van der Waals surface area contributed by atoms with Crippen LogP contribution in [0.25, 0.3) is 6.08 Å². The van der Waals surface area contributed by atoms with Gasteiger partial charge in [-0.05, 0) is 43.3 Å². The highest BCUT2D eigenvalue weighted by atomic mass is 79.9. The highest BCUT2D eigenvalue weighted by Gasteiger charge is 2.08. The zero-order valence-electron chi connectivity index (χ0n) is 11.3. The molecular formula is C15H15BrN2O2. The van der Waals surface area contributed by atoms with Crippen molar-refractivity contribution in [3.63, 3.8) is 0 Å². The Labute approximate surface area is 126 Å². The topological polar surface area (TPSA) is 44.1 Å². The van der Waals surface area contributed by atoms with Crippen LogP contribution in [0.1, 0.15) is 23.0 Å². The molecule has 0 radical (unpaired) electrons. The third-order valence-corrected chi connectivity index (χ3v) is 3.37. The molecular weight excluding hydrogens is 320 g/mol. The molecule has 0 amide bonds. The molecule has 1 aromatic carbocycles. The molecule has 0 aliphatic rings. The van der Waals surface area contributed by atoms with Crippen LogP contribution < -0.4 is 4.74 Å². The lowest BCUT2D eigenvalue weighted by molar-refractivity contribution is 0.103. The van der Waals surface area contributed by atoms with E-state index in [1.807, 2.05) is 25.1 Å². The lowest BCUT2D eigenvalue weighted by Crippen LogP contribution is -2.07. The van der Waals surface area contributed by atoms with Gasteiger partial charge in [0.1, 0.15) is 11.4 Å². The molecule has 0 fully saturated rings. The maximum Gasteiger partial charge on any atom is 0.203 e. The Kier molecular flexibility index (Phi) is 4.74. The molecule has 0 aliphatic heterocycles. The van der Waals surface area contributed by atoms with Gasteiger partial charge in [-0.3, -0.25) is 9.48 Å². The molecule has 2 aromatic rings. The number of rotatable bonds is 5. The van der Waals surface area contributed by atoms with Crippen molar-refractivity contribution >= 4 is 27.8 Å². The van der Waals surface area contributed by atoms with Crippen molar-refractivity contribution in [2.24, 2.45) is 0 Å². The van der Waals surface area contributed by atoms with E-state index in [2.05, 4.69) is 21.0 Å². The molecule has 0 saturated carbocycles. The smallest absolute Gasteiger partial charge is 0.203 e. The van der Waals surface area contributed by atoms with Gasteiger partial charge < -0.3 is 4.74 Å². The van der Waals surface area contributed by atoms with Gasteiger partial charge in [-0.2, -0.15) is 5.10 Å². The number of nitrogens with zero attached hydrogens (tertiary/aromatic N) is 2. The van der Waals surface area contributed by atoms with Gasteiger partial charge in [-0.1, -0.05) is 15.9 Å². The molecule has 0 saturated heterocycles. The predicted molar refractivity (Wildman–Crippen MR) is 82.0 cm³/mol. The SMILES string of the molecule is CCn1nccc1C(=O)/C=C/c1cc(Br)ccc1OC. The summed E-state index contributed by atoms with van der Waals surface area (Å²) in [5.41, 5.74) is 1.43. The molecule has 0 atom stereocenters. The zero-order valence-corrected chi connectivity index (χ0v) is 12.9. The quantitative estimate of drug-likeness (QED) is 0.620. The number of methoxy groups -OCH3 is 1. The Hall–Kier alpha value is -1.88. The van der Waals surface area contributed by atoms with Crippen molar-refractivity contribution in [1.82, 2.24) is 9.78 Å². The third kappa shape index (κ3) is 3.17. The van der Waals surface area contributed by atoms with Crippen LogP contribution in [0.2, 0.25) is 0 Å². The van der Waals surface area contributed by atoms with E-state index in [0.717, 1.165) is 15.8 Å². The maximum absolute atomic E-state index is 12.1. The van der Waals surface area contributed by atoms with Gasteiger partial charge >= 0.3 is 0 Å². The van der Waals surface area contributed by atoms with Crippen LogP contribution in [0.4, 0.5) is 0 Å². The molecule has 0 spiro atoms. The minimum atomic E-state index is -0.0774. The van der Waals surface area contributed by atoms with Gasteiger partial charge in [0.2, 0.25) is 5.78 Å². The van der Waals surface area contributed by atoms with Crippen LogP contribution in [0.15, 0.2) is 41.0 Å². The van der Waals surface area contributed by atoms with E-state index in [1.165, 1.54) is 6.08 Å². The molecule has 20 heavy (non-hydrogen) atoms. The van der Waals surface area contributed by atoms with E-state index < -0.39 is 0 Å². The van der Waals surface area contributed by atoms with Gasteiger partial charge in [-0.15, -0.1) is 0 Å². The van der Waals surface area contributed by atoms with E-state index in [4.69, 9.17) is 4.74 Å². The first kappa shape index (κ1) is 14.5. The zero-order chi connectivity index (χ0) is 14.5. The van der Waals surface area contributed by atoms with Crippen molar-refractivity contribution in [2.75, 3.05) is 7.11 Å². The second kappa shape index (κ2) is 6.52. The number of carbonyl (C=O) groups excluding carboxylic acids is 1. The van der Waals surface area contributed by atoms with Crippen LogP contribution in [0.3, 0.4) is 0 Å². The van der Waals surface area contributed by atoms with Crippen molar-refractivity contribution < 1.29 is 9.53 Å². The number of aryl methyl sites for hydroxylation is 1. The number of ketones is 1. The van der Waals surface area contributed by atoms with Crippen LogP contribution in [0.5, 0.6) is 5.75 Å².